The first-order valence-corrected chi connectivity index (χ1v) is 18.7. The predicted molar refractivity (Wildman–Crippen MR) is 170 cm³/mol. The summed E-state index contributed by atoms with van der Waals surface area (Å²) in [4.78, 5) is 0. The molecule has 0 unspecified atom stereocenters. The molecule has 0 atom stereocenters. The van der Waals surface area contributed by atoms with Gasteiger partial charge in [0.05, 0.1) is 0 Å². The molecule has 2 nitrogen and oxygen atoms in total. The van der Waals surface area contributed by atoms with Crippen molar-refractivity contribution in [3.63, 3.8) is 0 Å². The van der Waals surface area contributed by atoms with Crippen LogP contribution in [0.3, 0.4) is 0 Å². The van der Waals surface area contributed by atoms with Gasteiger partial charge in [-0.05, 0) is 71.2 Å². The standard InChI is InChI=1S/C32H32Cl2N2Si2/c1-35(2)37(33)29(25-17-9-5-10-18-25)31(27-21-13-7-14-22-27)38(34,36(3)4)32(28-23-15-8-16-24-28)30(37)26-19-11-6-12-20-26/h5-24H,1-4H3. The quantitative estimate of drug-likeness (QED) is 0.172. The second-order valence-corrected chi connectivity index (χ2v) is 19.6. The minimum absolute atomic E-state index is 1.13. The van der Waals surface area contributed by atoms with E-state index in [9.17, 15) is 0 Å². The van der Waals surface area contributed by atoms with Crippen LogP contribution in [0.4, 0.5) is 0 Å². The fourth-order valence-corrected chi connectivity index (χ4v) is 17.5. The molecule has 0 radical (unpaired) electrons. The van der Waals surface area contributed by atoms with Crippen molar-refractivity contribution in [1.82, 2.24) is 9.13 Å². The smallest absolute Gasteiger partial charge is 0.292 e. The summed E-state index contributed by atoms with van der Waals surface area (Å²) in [7, 11) is 2.29. The van der Waals surface area contributed by atoms with E-state index in [4.69, 9.17) is 22.2 Å². The lowest BCUT2D eigenvalue weighted by atomic mass is 10.1. The van der Waals surface area contributed by atoms with Crippen LogP contribution in [0.25, 0.3) is 20.8 Å². The number of benzene rings is 4. The van der Waals surface area contributed by atoms with E-state index < -0.39 is 15.1 Å². The van der Waals surface area contributed by atoms with Gasteiger partial charge in [-0.15, -0.1) is 22.2 Å². The van der Waals surface area contributed by atoms with Gasteiger partial charge in [0.15, 0.2) is 0 Å². The average Bonchev–Trinajstić information content (AvgIpc) is 2.95. The highest BCUT2D eigenvalue weighted by molar-refractivity contribution is 7.48. The highest BCUT2D eigenvalue weighted by Crippen LogP contribution is 2.58. The average molecular weight is 572 g/mol. The van der Waals surface area contributed by atoms with E-state index in [0.717, 1.165) is 22.3 Å². The van der Waals surface area contributed by atoms with E-state index in [1.807, 2.05) is 0 Å². The van der Waals surface area contributed by atoms with Crippen LogP contribution in [0.15, 0.2) is 121 Å². The summed E-state index contributed by atoms with van der Waals surface area (Å²) in [6.45, 7) is 0. The van der Waals surface area contributed by atoms with Crippen molar-refractivity contribution in [2.24, 2.45) is 0 Å². The molecule has 0 aliphatic carbocycles. The molecule has 192 valence electrons. The normalized spacial score (nSPS) is 21.9. The Morgan fingerprint density at radius 1 is 0.368 bits per heavy atom. The topological polar surface area (TPSA) is 6.48 Å². The largest absolute Gasteiger partial charge is 0.310 e. The molecule has 0 saturated carbocycles. The van der Waals surface area contributed by atoms with E-state index in [-0.39, 0.29) is 0 Å². The monoisotopic (exact) mass is 570 g/mol. The van der Waals surface area contributed by atoms with Gasteiger partial charge in [0.25, 0.3) is 15.1 Å². The van der Waals surface area contributed by atoms with Crippen LogP contribution in [0, 0.1) is 0 Å². The Morgan fingerprint density at radius 2 is 0.553 bits per heavy atom. The van der Waals surface area contributed by atoms with Crippen molar-refractivity contribution in [1.29, 1.82) is 0 Å². The molecule has 4 aromatic rings. The summed E-state index contributed by atoms with van der Waals surface area (Å²) in [5.41, 5.74) is 4.51. The Bertz CT molecular complexity index is 1260. The number of hydrogen-bond acceptors (Lipinski definition) is 2. The van der Waals surface area contributed by atoms with Crippen LogP contribution in [-0.4, -0.2) is 52.4 Å². The summed E-state index contributed by atoms with van der Waals surface area (Å²) in [6, 6.07) is 42.5. The molecule has 0 spiro atoms. The predicted octanol–water partition coefficient (Wildman–Crippen LogP) is 7.86. The zero-order valence-electron chi connectivity index (χ0n) is 22.2. The fraction of sp³-hybridized carbons (Fsp3) is 0.125. The summed E-state index contributed by atoms with van der Waals surface area (Å²) in [5, 5.41) is 4.68. The number of halogens is 2. The molecule has 6 heteroatoms. The second kappa shape index (κ2) is 10.8. The molecule has 38 heavy (non-hydrogen) atoms. The molecule has 0 fully saturated rings. The lowest BCUT2D eigenvalue weighted by Gasteiger charge is -2.49. The zero-order valence-corrected chi connectivity index (χ0v) is 25.7. The molecule has 0 saturated heterocycles. The van der Waals surface area contributed by atoms with Crippen molar-refractivity contribution < 1.29 is 0 Å². The zero-order chi connectivity index (χ0) is 26.9. The first-order chi connectivity index (χ1) is 18.3. The molecule has 5 rings (SSSR count). The van der Waals surface area contributed by atoms with Gasteiger partial charge in [0, 0.05) is 0 Å². The van der Waals surface area contributed by atoms with E-state index in [1.54, 1.807) is 0 Å². The van der Waals surface area contributed by atoms with Gasteiger partial charge in [0.1, 0.15) is 0 Å². The van der Waals surface area contributed by atoms with E-state index >= 15 is 0 Å². The molecule has 1 aliphatic heterocycles. The third-order valence-corrected chi connectivity index (χ3v) is 19.4. The highest BCUT2D eigenvalue weighted by Gasteiger charge is 2.59. The Kier molecular flexibility index (Phi) is 7.65. The maximum Gasteiger partial charge on any atom is 0.292 e. The summed E-state index contributed by atoms with van der Waals surface area (Å²) < 4.78 is 4.54. The van der Waals surface area contributed by atoms with Gasteiger partial charge in [-0.2, -0.15) is 0 Å². The molecular formula is C32H32Cl2N2Si2. The van der Waals surface area contributed by atoms with Crippen molar-refractivity contribution in [2.75, 3.05) is 28.2 Å². The molecule has 1 aliphatic rings. The molecule has 0 amide bonds. The summed E-state index contributed by atoms with van der Waals surface area (Å²) >= 11 is 16.5. The molecule has 0 aromatic heterocycles. The Labute approximate surface area is 238 Å². The minimum atomic E-state index is -3.09. The maximum absolute atomic E-state index is 8.23. The third-order valence-electron chi connectivity index (χ3n) is 7.31. The third kappa shape index (κ3) is 4.35. The molecule has 0 N–H and O–H groups in total. The van der Waals surface area contributed by atoms with Crippen LogP contribution in [0.2, 0.25) is 0 Å². The minimum Gasteiger partial charge on any atom is -0.310 e. The van der Waals surface area contributed by atoms with E-state index in [1.165, 1.54) is 20.8 Å². The van der Waals surface area contributed by atoms with E-state index in [0.29, 0.717) is 0 Å². The van der Waals surface area contributed by atoms with Crippen molar-refractivity contribution in [3.05, 3.63) is 144 Å². The molecular weight excluding hydrogens is 539 g/mol. The lowest BCUT2D eigenvalue weighted by Crippen LogP contribution is -2.58. The van der Waals surface area contributed by atoms with Gasteiger partial charge >= 0.3 is 0 Å². The molecule has 1 heterocycles. The van der Waals surface area contributed by atoms with Crippen LogP contribution < -0.4 is 0 Å². The summed E-state index contributed by atoms with van der Waals surface area (Å²) in [5.74, 6) is 0. The molecule has 4 aromatic carbocycles. The fourth-order valence-electron chi connectivity index (χ4n) is 5.57. The van der Waals surface area contributed by atoms with Gasteiger partial charge in [-0.25, -0.2) is 0 Å². The number of rotatable bonds is 6. The van der Waals surface area contributed by atoms with Crippen LogP contribution >= 0.6 is 22.2 Å². The first-order valence-electron chi connectivity index (χ1n) is 12.8. The first kappa shape index (κ1) is 26.9. The van der Waals surface area contributed by atoms with Crippen molar-refractivity contribution in [3.8, 4) is 0 Å². The van der Waals surface area contributed by atoms with Gasteiger partial charge in [-0.3, -0.25) is 0 Å². The summed E-state index contributed by atoms with van der Waals surface area (Å²) in [6.07, 6.45) is 0. The lowest BCUT2D eigenvalue weighted by molar-refractivity contribution is 0.647. The van der Waals surface area contributed by atoms with Crippen LogP contribution in [-0.2, 0) is 0 Å². The number of nitrogens with zero attached hydrogens (tertiary/aromatic N) is 2. The van der Waals surface area contributed by atoms with Gasteiger partial charge in [0.2, 0.25) is 0 Å². The van der Waals surface area contributed by atoms with Crippen molar-refractivity contribution in [2.45, 2.75) is 0 Å². The molecule has 0 bridgehead atoms. The van der Waals surface area contributed by atoms with Gasteiger partial charge < -0.3 is 9.13 Å². The van der Waals surface area contributed by atoms with E-state index in [2.05, 4.69) is 159 Å². The van der Waals surface area contributed by atoms with Crippen LogP contribution in [0.5, 0.6) is 0 Å². The number of hydrogen-bond donors (Lipinski definition) is 0. The highest BCUT2D eigenvalue weighted by atomic mass is 35.6. The Balaban J connectivity index is 2.06. The van der Waals surface area contributed by atoms with Crippen molar-refractivity contribution >= 4 is 58.0 Å². The Hall–Kier alpha value is -2.71. The maximum atomic E-state index is 8.23. The van der Waals surface area contributed by atoms with Crippen LogP contribution in [0.1, 0.15) is 22.3 Å². The Morgan fingerprint density at radius 3 is 0.711 bits per heavy atom. The SMILES string of the molecule is CN(C)[Si]1(Cl)C(c2ccccc2)=C(c2ccccc2)[Si](Cl)(N(C)C)C(c2ccccc2)=C1c1ccccc1. The second-order valence-electron chi connectivity index (χ2n) is 10.00. The van der Waals surface area contributed by atoms with Gasteiger partial charge in [-0.1, -0.05) is 121 Å².